The van der Waals surface area contributed by atoms with Gasteiger partial charge in [0.05, 0.1) is 72.7 Å². The number of ether oxygens (including phenoxy) is 6. The first-order valence-corrected chi connectivity index (χ1v) is 10.3. The summed E-state index contributed by atoms with van der Waals surface area (Å²) in [6.07, 6.45) is 0. The minimum atomic E-state index is -0.0761. The third-order valence-electron chi connectivity index (χ3n) is 3.33. The van der Waals surface area contributed by atoms with Crippen molar-refractivity contribution in [3.8, 4) is 0 Å². The molecule has 0 fully saturated rings. The van der Waals surface area contributed by atoms with Crippen LogP contribution in [0.4, 0.5) is 0 Å². The van der Waals surface area contributed by atoms with E-state index in [1.54, 1.807) is 7.11 Å². The van der Waals surface area contributed by atoms with Crippen molar-refractivity contribution in [2.45, 2.75) is 0 Å². The Balaban J connectivity index is 3.21. The van der Waals surface area contributed by atoms with Gasteiger partial charge in [-0.05, 0) is 17.3 Å². The second-order valence-corrected chi connectivity index (χ2v) is 6.42. The average Bonchev–Trinajstić information content (AvgIpc) is 2.65. The molecule has 0 bridgehead atoms. The molecule has 0 aliphatic heterocycles. The Morgan fingerprint density at radius 1 is 0.520 bits per heavy atom. The highest BCUT2D eigenvalue weighted by Crippen LogP contribution is 2.23. The summed E-state index contributed by atoms with van der Waals surface area (Å²) in [5, 5.41) is 0. The van der Waals surface area contributed by atoms with Crippen LogP contribution in [-0.4, -0.2) is 97.0 Å². The molecule has 152 valence electrons. The van der Waals surface area contributed by atoms with Gasteiger partial charge in [0.2, 0.25) is 0 Å². The van der Waals surface area contributed by atoms with Crippen molar-refractivity contribution in [2.75, 3.05) is 97.0 Å². The molecule has 0 heterocycles. The number of rotatable bonds is 20. The molecule has 0 unspecified atom stereocenters. The predicted octanol–water partition coefficient (Wildman–Crippen LogP) is 1.49. The highest BCUT2D eigenvalue weighted by molar-refractivity contribution is 7.82. The zero-order chi connectivity index (χ0) is 18.6. The fraction of sp³-hybridized carbons (Fsp3) is 1.00. The summed E-state index contributed by atoms with van der Waals surface area (Å²) >= 11 is 13.0. The van der Waals surface area contributed by atoms with Crippen LogP contribution in [0, 0.1) is 5.41 Å². The van der Waals surface area contributed by atoms with E-state index >= 15 is 0 Å². The number of hydrogen-bond donors (Lipinski definition) is 3. The molecular formula is C16H34O6S3. The van der Waals surface area contributed by atoms with Crippen molar-refractivity contribution in [1.82, 2.24) is 0 Å². The summed E-state index contributed by atoms with van der Waals surface area (Å²) in [7, 11) is 1.65. The van der Waals surface area contributed by atoms with E-state index < -0.39 is 0 Å². The van der Waals surface area contributed by atoms with Gasteiger partial charge in [0.15, 0.2) is 0 Å². The van der Waals surface area contributed by atoms with E-state index in [9.17, 15) is 0 Å². The van der Waals surface area contributed by atoms with E-state index in [4.69, 9.17) is 28.4 Å². The third kappa shape index (κ3) is 15.6. The van der Waals surface area contributed by atoms with E-state index in [0.717, 1.165) is 0 Å². The van der Waals surface area contributed by atoms with Gasteiger partial charge < -0.3 is 28.4 Å². The molecule has 0 saturated carbocycles. The lowest BCUT2D eigenvalue weighted by atomic mass is 9.97. The quantitative estimate of drug-likeness (QED) is 0.206. The Morgan fingerprint density at radius 3 is 1.16 bits per heavy atom. The second kappa shape index (κ2) is 19.6. The molecule has 0 N–H and O–H groups in total. The summed E-state index contributed by atoms with van der Waals surface area (Å²) in [4.78, 5) is 0. The number of thiol groups is 3. The van der Waals surface area contributed by atoms with Crippen LogP contribution in [0.25, 0.3) is 0 Å². The summed E-state index contributed by atoms with van der Waals surface area (Å²) in [6, 6.07) is 0. The fourth-order valence-electron chi connectivity index (χ4n) is 1.60. The maximum absolute atomic E-state index is 5.63. The predicted molar refractivity (Wildman–Crippen MR) is 110 cm³/mol. The molecule has 9 heteroatoms. The lowest BCUT2D eigenvalue weighted by Gasteiger charge is -2.28. The first-order valence-electron chi connectivity index (χ1n) is 8.45. The van der Waals surface area contributed by atoms with Gasteiger partial charge in [0, 0.05) is 12.5 Å². The topological polar surface area (TPSA) is 55.4 Å². The maximum atomic E-state index is 5.63. The molecule has 0 radical (unpaired) electrons. The molecule has 0 aromatic carbocycles. The molecule has 25 heavy (non-hydrogen) atoms. The normalized spacial score (nSPS) is 12.0. The number of methoxy groups -OCH3 is 1. The van der Waals surface area contributed by atoms with Crippen LogP contribution >= 0.6 is 37.9 Å². The summed E-state index contributed by atoms with van der Waals surface area (Å²) in [5.74, 6) is 2.11. The van der Waals surface area contributed by atoms with Gasteiger partial charge in [0.1, 0.15) is 0 Å². The first kappa shape index (κ1) is 25.8. The zero-order valence-corrected chi connectivity index (χ0v) is 17.9. The summed E-state index contributed by atoms with van der Waals surface area (Å²) < 4.78 is 32.0. The van der Waals surface area contributed by atoms with E-state index in [-0.39, 0.29) is 5.41 Å². The van der Waals surface area contributed by atoms with Crippen molar-refractivity contribution in [3.63, 3.8) is 0 Å². The van der Waals surface area contributed by atoms with Gasteiger partial charge in [0.25, 0.3) is 0 Å². The highest BCUT2D eigenvalue weighted by Gasteiger charge is 2.25. The Hall–Kier alpha value is 0.810. The van der Waals surface area contributed by atoms with Gasteiger partial charge in [-0.25, -0.2) is 0 Å². The Bertz CT molecular complexity index is 262. The van der Waals surface area contributed by atoms with Crippen LogP contribution < -0.4 is 0 Å². The molecule has 0 aromatic heterocycles. The summed E-state index contributed by atoms with van der Waals surface area (Å²) in [5.41, 5.74) is -0.0761. The van der Waals surface area contributed by atoms with Crippen LogP contribution in [0.3, 0.4) is 0 Å². The lowest BCUT2D eigenvalue weighted by molar-refractivity contribution is -0.0185. The molecular weight excluding hydrogens is 384 g/mol. The van der Waals surface area contributed by atoms with E-state index in [1.165, 1.54) is 0 Å². The Kier molecular flexibility index (Phi) is 20.2. The Labute approximate surface area is 168 Å². The molecule has 0 atom stereocenters. The minimum absolute atomic E-state index is 0.0761. The zero-order valence-electron chi connectivity index (χ0n) is 15.2. The minimum Gasteiger partial charge on any atom is -0.382 e. The Morgan fingerprint density at radius 2 is 0.840 bits per heavy atom. The van der Waals surface area contributed by atoms with Crippen molar-refractivity contribution in [2.24, 2.45) is 5.41 Å². The standard InChI is InChI=1S/C16H34O6S3/c1-17-2-3-18-4-5-19-6-7-20-8-9-21-10-11-22-12-16(13-23,14-24)15-25/h23-25H,2-15H2,1H3. The fourth-order valence-corrected chi connectivity index (χ4v) is 3.07. The largest absolute Gasteiger partial charge is 0.382 e. The van der Waals surface area contributed by atoms with Crippen LogP contribution in [0.5, 0.6) is 0 Å². The van der Waals surface area contributed by atoms with Crippen LogP contribution in [0.15, 0.2) is 0 Å². The van der Waals surface area contributed by atoms with Crippen molar-refractivity contribution in [1.29, 1.82) is 0 Å². The highest BCUT2D eigenvalue weighted by atomic mass is 32.1. The van der Waals surface area contributed by atoms with Gasteiger partial charge in [-0.3, -0.25) is 0 Å². The molecule has 0 rings (SSSR count). The van der Waals surface area contributed by atoms with Crippen molar-refractivity contribution < 1.29 is 28.4 Å². The van der Waals surface area contributed by atoms with Crippen molar-refractivity contribution in [3.05, 3.63) is 0 Å². The summed E-state index contributed by atoms with van der Waals surface area (Å²) in [6.45, 7) is 6.20. The van der Waals surface area contributed by atoms with Crippen molar-refractivity contribution >= 4 is 37.9 Å². The smallest absolute Gasteiger partial charge is 0.0701 e. The maximum Gasteiger partial charge on any atom is 0.0701 e. The third-order valence-corrected chi connectivity index (χ3v) is 5.35. The van der Waals surface area contributed by atoms with Crippen LogP contribution in [0.1, 0.15) is 0 Å². The number of hydrogen-bond acceptors (Lipinski definition) is 9. The SMILES string of the molecule is COCCOCCOCCOCCOCCOCC(CS)(CS)CS. The molecule has 6 nitrogen and oxygen atoms in total. The monoisotopic (exact) mass is 418 g/mol. The van der Waals surface area contributed by atoms with Gasteiger partial charge in [-0.1, -0.05) is 0 Å². The second-order valence-electron chi connectivity index (χ2n) is 5.47. The molecule has 0 aromatic rings. The lowest BCUT2D eigenvalue weighted by Crippen LogP contribution is -2.33. The van der Waals surface area contributed by atoms with E-state index in [2.05, 4.69) is 37.9 Å². The average molecular weight is 419 g/mol. The first-order chi connectivity index (χ1) is 12.2. The molecule has 0 aliphatic rings. The van der Waals surface area contributed by atoms with E-state index in [0.29, 0.717) is 89.9 Å². The van der Waals surface area contributed by atoms with Crippen LogP contribution in [0.2, 0.25) is 0 Å². The molecule has 0 spiro atoms. The molecule has 0 saturated heterocycles. The molecule has 0 amide bonds. The van der Waals surface area contributed by atoms with Gasteiger partial charge in [-0.2, -0.15) is 37.9 Å². The molecule has 0 aliphatic carbocycles. The van der Waals surface area contributed by atoms with Gasteiger partial charge >= 0.3 is 0 Å². The van der Waals surface area contributed by atoms with Crippen LogP contribution in [-0.2, 0) is 28.4 Å². The van der Waals surface area contributed by atoms with Gasteiger partial charge in [-0.15, -0.1) is 0 Å². The van der Waals surface area contributed by atoms with E-state index in [1.807, 2.05) is 0 Å².